The van der Waals surface area contributed by atoms with Crippen molar-refractivity contribution in [2.75, 3.05) is 20.6 Å². The fourth-order valence-corrected chi connectivity index (χ4v) is 3.93. The first-order chi connectivity index (χ1) is 13.7. The predicted molar refractivity (Wildman–Crippen MR) is 109 cm³/mol. The van der Waals surface area contributed by atoms with Crippen molar-refractivity contribution in [3.8, 4) is 0 Å². The van der Waals surface area contributed by atoms with E-state index in [1.165, 1.54) is 9.80 Å². The highest BCUT2D eigenvalue weighted by molar-refractivity contribution is 5.83. The van der Waals surface area contributed by atoms with Crippen molar-refractivity contribution < 1.29 is 18.7 Å². The van der Waals surface area contributed by atoms with Gasteiger partial charge in [-0.05, 0) is 41.3 Å². The summed E-state index contributed by atoms with van der Waals surface area (Å²) in [5, 5.41) is 11.3. The number of aliphatic hydroxyl groups is 1. The molecule has 0 saturated heterocycles. The van der Waals surface area contributed by atoms with Crippen LogP contribution < -0.4 is 0 Å². The lowest BCUT2D eigenvalue weighted by Gasteiger charge is -2.44. The maximum Gasteiger partial charge on any atom is 0.320 e. The number of carbonyl (C=O) groups is 1. The Kier molecular flexibility index (Phi) is 5.75. The number of carbonyl (C=O) groups excluding carboxylic acids is 1. The number of hydrogen-bond acceptors (Lipinski definition) is 2. The van der Waals surface area contributed by atoms with Gasteiger partial charge in [-0.2, -0.15) is 0 Å². The third-order valence-corrected chi connectivity index (χ3v) is 5.38. The lowest BCUT2D eigenvalue weighted by Crippen LogP contribution is -2.56. The van der Waals surface area contributed by atoms with Gasteiger partial charge in [0.25, 0.3) is 0 Å². The van der Waals surface area contributed by atoms with E-state index < -0.39 is 23.3 Å². The fourth-order valence-electron chi connectivity index (χ4n) is 3.93. The zero-order valence-electron chi connectivity index (χ0n) is 17.1. The van der Waals surface area contributed by atoms with E-state index in [2.05, 4.69) is 0 Å². The van der Waals surface area contributed by atoms with Crippen LogP contribution in [0.15, 0.2) is 54.6 Å². The van der Waals surface area contributed by atoms with Crippen molar-refractivity contribution in [1.82, 2.24) is 9.80 Å². The molecule has 6 heteroatoms. The molecule has 2 aromatic rings. The molecular weight excluding hydrogens is 374 g/mol. The zero-order chi connectivity index (χ0) is 21.3. The van der Waals surface area contributed by atoms with Crippen LogP contribution in [0.25, 0.3) is 5.57 Å². The van der Waals surface area contributed by atoms with Gasteiger partial charge in [-0.25, -0.2) is 13.6 Å². The Bertz CT molecular complexity index is 928. The summed E-state index contributed by atoms with van der Waals surface area (Å²) in [5.41, 5.74) is 0.0597. The Morgan fingerprint density at radius 1 is 1.14 bits per heavy atom. The predicted octanol–water partition coefficient (Wildman–Crippen LogP) is 4.26. The highest BCUT2D eigenvalue weighted by Crippen LogP contribution is 2.45. The average Bonchev–Trinajstić information content (AvgIpc) is 3.10. The van der Waals surface area contributed by atoms with Crippen LogP contribution in [0.2, 0.25) is 0 Å². The second-order valence-electron chi connectivity index (χ2n) is 7.94. The molecule has 2 aromatic carbocycles. The van der Waals surface area contributed by atoms with Crippen LogP contribution >= 0.6 is 0 Å². The Balaban J connectivity index is 2.28. The molecule has 0 fully saturated rings. The summed E-state index contributed by atoms with van der Waals surface area (Å²) >= 11 is 0. The van der Waals surface area contributed by atoms with Gasteiger partial charge in [-0.1, -0.05) is 44.2 Å². The first-order valence-corrected chi connectivity index (χ1v) is 9.58. The van der Waals surface area contributed by atoms with Gasteiger partial charge in [0.1, 0.15) is 17.2 Å². The van der Waals surface area contributed by atoms with Crippen molar-refractivity contribution in [3.63, 3.8) is 0 Å². The minimum Gasteiger partial charge on any atom is -0.390 e. The van der Waals surface area contributed by atoms with Crippen LogP contribution in [0, 0.1) is 17.6 Å². The van der Waals surface area contributed by atoms with Crippen molar-refractivity contribution in [1.29, 1.82) is 0 Å². The van der Waals surface area contributed by atoms with E-state index in [-0.39, 0.29) is 24.1 Å². The topological polar surface area (TPSA) is 43.8 Å². The monoisotopic (exact) mass is 400 g/mol. The summed E-state index contributed by atoms with van der Waals surface area (Å²) in [7, 11) is 3.25. The second kappa shape index (κ2) is 7.95. The van der Waals surface area contributed by atoms with Gasteiger partial charge in [0.15, 0.2) is 0 Å². The van der Waals surface area contributed by atoms with E-state index in [1.807, 2.05) is 44.2 Å². The summed E-state index contributed by atoms with van der Waals surface area (Å²) in [4.78, 5) is 16.1. The van der Waals surface area contributed by atoms with Gasteiger partial charge in [-0.3, -0.25) is 0 Å². The van der Waals surface area contributed by atoms with Crippen LogP contribution in [0.1, 0.15) is 25.0 Å². The minimum absolute atomic E-state index is 0.0516. The Morgan fingerprint density at radius 3 is 2.38 bits per heavy atom. The number of hydrogen-bond donors (Lipinski definition) is 1. The SMILES string of the molecule is CC(C)C(O)C1(c2ccccc2)C=C(c2cc(F)ccc2F)CN1C(=O)N(C)C. The molecule has 2 amide bonds. The molecule has 0 aliphatic carbocycles. The highest BCUT2D eigenvalue weighted by Gasteiger charge is 2.51. The molecule has 1 heterocycles. The Labute approximate surface area is 170 Å². The summed E-state index contributed by atoms with van der Waals surface area (Å²) in [6, 6.07) is 12.1. The van der Waals surface area contributed by atoms with Crippen molar-refractivity contribution >= 4 is 11.6 Å². The van der Waals surface area contributed by atoms with Gasteiger partial charge < -0.3 is 14.9 Å². The number of nitrogens with zero attached hydrogens (tertiary/aromatic N) is 2. The molecular formula is C23H26F2N2O2. The van der Waals surface area contributed by atoms with Crippen molar-refractivity contribution in [2.24, 2.45) is 5.92 Å². The molecule has 0 radical (unpaired) electrons. The third kappa shape index (κ3) is 3.65. The van der Waals surface area contributed by atoms with E-state index in [9.17, 15) is 18.7 Å². The zero-order valence-corrected chi connectivity index (χ0v) is 17.1. The molecule has 29 heavy (non-hydrogen) atoms. The number of rotatable bonds is 4. The van der Waals surface area contributed by atoms with Crippen molar-refractivity contribution in [3.05, 3.63) is 77.4 Å². The van der Waals surface area contributed by atoms with E-state index >= 15 is 0 Å². The highest BCUT2D eigenvalue weighted by atomic mass is 19.1. The number of amides is 2. The molecule has 2 atom stereocenters. The number of aliphatic hydroxyl groups excluding tert-OH is 1. The second-order valence-corrected chi connectivity index (χ2v) is 7.94. The fraction of sp³-hybridized carbons (Fsp3) is 0.348. The number of benzene rings is 2. The van der Waals surface area contributed by atoms with Crippen LogP contribution in [-0.2, 0) is 5.54 Å². The molecule has 1 N–H and O–H groups in total. The summed E-state index contributed by atoms with van der Waals surface area (Å²) < 4.78 is 28.4. The van der Waals surface area contributed by atoms with Crippen LogP contribution in [0.3, 0.4) is 0 Å². The van der Waals surface area contributed by atoms with Gasteiger partial charge in [0.2, 0.25) is 0 Å². The van der Waals surface area contributed by atoms with E-state index in [0.717, 1.165) is 18.2 Å². The van der Waals surface area contributed by atoms with E-state index in [1.54, 1.807) is 20.2 Å². The molecule has 1 aliphatic heterocycles. The summed E-state index contributed by atoms with van der Waals surface area (Å²) in [5.74, 6) is -1.33. The van der Waals surface area contributed by atoms with E-state index in [0.29, 0.717) is 11.1 Å². The molecule has 4 nitrogen and oxygen atoms in total. The maximum absolute atomic E-state index is 14.5. The largest absolute Gasteiger partial charge is 0.390 e. The van der Waals surface area contributed by atoms with Gasteiger partial charge in [0.05, 0.1) is 6.10 Å². The Morgan fingerprint density at radius 2 is 1.79 bits per heavy atom. The quantitative estimate of drug-likeness (QED) is 0.834. The molecule has 0 bridgehead atoms. The molecule has 3 rings (SSSR count). The van der Waals surface area contributed by atoms with E-state index in [4.69, 9.17) is 0 Å². The smallest absolute Gasteiger partial charge is 0.320 e. The van der Waals surface area contributed by atoms with Crippen LogP contribution in [0.5, 0.6) is 0 Å². The average molecular weight is 400 g/mol. The molecule has 154 valence electrons. The lowest BCUT2D eigenvalue weighted by atomic mass is 9.78. The first-order valence-electron chi connectivity index (χ1n) is 9.58. The van der Waals surface area contributed by atoms with Crippen molar-refractivity contribution in [2.45, 2.75) is 25.5 Å². The first kappa shape index (κ1) is 21.0. The van der Waals surface area contributed by atoms with Gasteiger partial charge in [-0.15, -0.1) is 0 Å². The standard InChI is InChI=1S/C23H26F2N2O2/c1-15(2)21(28)23(17-8-6-5-7-9-17)13-16(14-27(23)22(29)26(3)4)19-12-18(24)10-11-20(19)25/h5-13,15,21,28H,14H2,1-4H3. The van der Waals surface area contributed by atoms with Gasteiger partial charge >= 0.3 is 6.03 Å². The molecule has 0 spiro atoms. The van der Waals surface area contributed by atoms with Gasteiger partial charge in [0, 0.05) is 26.2 Å². The maximum atomic E-state index is 14.5. The molecule has 0 aromatic heterocycles. The summed E-state index contributed by atoms with van der Waals surface area (Å²) in [6.45, 7) is 3.78. The molecule has 1 aliphatic rings. The molecule has 0 saturated carbocycles. The number of urea groups is 1. The third-order valence-electron chi connectivity index (χ3n) is 5.38. The Hall–Kier alpha value is -2.73. The normalized spacial score (nSPS) is 20.0. The number of halogens is 2. The van der Waals surface area contributed by atoms with Crippen LogP contribution in [0.4, 0.5) is 13.6 Å². The lowest BCUT2D eigenvalue weighted by molar-refractivity contribution is -0.00452. The van der Waals surface area contributed by atoms with Crippen LogP contribution in [-0.4, -0.2) is 47.7 Å². The summed E-state index contributed by atoms with van der Waals surface area (Å²) in [6.07, 6.45) is 0.759. The minimum atomic E-state index is -1.20. The molecule has 2 unspecified atom stereocenters.